The number of carbonyl (C=O) groups excluding carboxylic acids is 1. The quantitative estimate of drug-likeness (QED) is 0.682. The molecule has 0 spiro atoms. The molecule has 2 rings (SSSR count). The van der Waals surface area contributed by atoms with Crippen molar-refractivity contribution in [2.45, 2.75) is 19.8 Å². The third-order valence-electron chi connectivity index (χ3n) is 2.19. The zero-order valence-corrected chi connectivity index (χ0v) is 8.15. The molecule has 0 aliphatic heterocycles. The summed E-state index contributed by atoms with van der Waals surface area (Å²) >= 11 is 0. The van der Waals surface area contributed by atoms with E-state index in [0.29, 0.717) is 11.5 Å². The lowest BCUT2D eigenvalue weighted by atomic mass is 10.1. The topological polar surface area (TPSA) is 43.1 Å². The summed E-state index contributed by atoms with van der Waals surface area (Å²) in [5.41, 5.74) is 1.37. The second-order valence-corrected chi connectivity index (χ2v) is 3.60. The summed E-state index contributed by atoms with van der Waals surface area (Å²) in [7, 11) is 0. The molecule has 0 amide bonds. The lowest BCUT2D eigenvalue weighted by molar-refractivity contribution is 0.112. The Morgan fingerprint density at radius 3 is 2.86 bits per heavy atom. The van der Waals surface area contributed by atoms with Crippen LogP contribution in [0.2, 0.25) is 0 Å². The van der Waals surface area contributed by atoms with Gasteiger partial charge in [0.05, 0.1) is 0 Å². The van der Waals surface area contributed by atoms with Gasteiger partial charge in [-0.2, -0.15) is 0 Å². The Hall–Kier alpha value is -1.64. The molecule has 0 saturated heterocycles. The van der Waals surface area contributed by atoms with Crippen LogP contribution in [-0.2, 0) is 0 Å². The van der Waals surface area contributed by atoms with Crippen LogP contribution in [0.1, 0.15) is 35.9 Å². The van der Waals surface area contributed by atoms with Crippen LogP contribution < -0.4 is 0 Å². The second-order valence-electron chi connectivity index (χ2n) is 3.60. The molecule has 0 N–H and O–H groups in total. The number of nitrogens with zero attached hydrogens (tertiary/aromatic N) is 1. The Labute approximate surface area is 81.7 Å². The van der Waals surface area contributed by atoms with Crippen molar-refractivity contribution in [1.29, 1.82) is 0 Å². The molecule has 14 heavy (non-hydrogen) atoms. The van der Waals surface area contributed by atoms with Crippen molar-refractivity contribution in [3.63, 3.8) is 0 Å². The van der Waals surface area contributed by atoms with Crippen molar-refractivity contribution in [1.82, 2.24) is 5.16 Å². The molecule has 3 heteroatoms. The fourth-order valence-corrected chi connectivity index (χ4v) is 1.47. The summed E-state index contributed by atoms with van der Waals surface area (Å²) in [6, 6.07) is 5.39. The van der Waals surface area contributed by atoms with Gasteiger partial charge in [0.1, 0.15) is 17.6 Å². The predicted molar refractivity (Wildman–Crippen MR) is 53.5 cm³/mol. The lowest BCUT2D eigenvalue weighted by Crippen LogP contribution is -1.84. The lowest BCUT2D eigenvalue weighted by Gasteiger charge is -1.97. The highest BCUT2D eigenvalue weighted by molar-refractivity contribution is 5.87. The first-order valence-corrected chi connectivity index (χ1v) is 4.57. The van der Waals surface area contributed by atoms with E-state index in [-0.39, 0.29) is 0 Å². The van der Waals surface area contributed by atoms with Gasteiger partial charge in [-0.1, -0.05) is 25.1 Å². The molecule has 0 bridgehead atoms. The van der Waals surface area contributed by atoms with E-state index in [2.05, 4.69) is 5.16 Å². The maximum absolute atomic E-state index is 10.5. The minimum Gasteiger partial charge on any atom is -0.360 e. The first-order valence-electron chi connectivity index (χ1n) is 4.57. The molecule has 1 aromatic heterocycles. The average Bonchev–Trinajstić information content (AvgIpc) is 2.59. The molecule has 72 valence electrons. The molecule has 0 aliphatic rings. The van der Waals surface area contributed by atoms with Crippen LogP contribution in [0.15, 0.2) is 22.7 Å². The second kappa shape index (κ2) is 3.25. The van der Waals surface area contributed by atoms with Crippen LogP contribution in [0.25, 0.3) is 10.9 Å². The van der Waals surface area contributed by atoms with Crippen LogP contribution >= 0.6 is 0 Å². The van der Waals surface area contributed by atoms with E-state index in [1.807, 2.05) is 19.9 Å². The van der Waals surface area contributed by atoms with Gasteiger partial charge in [0, 0.05) is 16.9 Å². The van der Waals surface area contributed by atoms with Crippen LogP contribution in [0, 0.1) is 0 Å². The van der Waals surface area contributed by atoms with E-state index in [1.54, 1.807) is 12.1 Å². The van der Waals surface area contributed by atoms with Crippen molar-refractivity contribution in [3.05, 3.63) is 29.5 Å². The fourth-order valence-electron chi connectivity index (χ4n) is 1.47. The van der Waals surface area contributed by atoms with E-state index in [0.717, 1.165) is 22.9 Å². The summed E-state index contributed by atoms with van der Waals surface area (Å²) in [6.45, 7) is 4.10. The summed E-state index contributed by atoms with van der Waals surface area (Å²) in [5, 5.41) is 4.91. The summed E-state index contributed by atoms with van der Waals surface area (Å²) in [4.78, 5) is 10.5. The van der Waals surface area contributed by atoms with E-state index in [9.17, 15) is 4.79 Å². The number of carbonyl (C=O) groups is 1. The van der Waals surface area contributed by atoms with Crippen molar-refractivity contribution in [2.24, 2.45) is 0 Å². The number of rotatable bonds is 2. The Kier molecular flexibility index (Phi) is 2.08. The highest BCUT2D eigenvalue weighted by atomic mass is 16.5. The molecule has 0 saturated carbocycles. The summed E-state index contributed by atoms with van der Waals surface area (Å²) in [6.07, 6.45) is 0.809. The monoisotopic (exact) mass is 189 g/mol. The minimum absolute atomic E-state index is 0.307. The molecular formula is C11H11NO2. The van der Waals surface area contributed by atoms with E-state index < -0.39 is 0 Å². The van der Waals surface area contributed by atoms with E-state index in [4.69, 9.17) is 4.52 Å². The maximum atomic E-state index is 10.5. The van der Waals surface area contributed by atoms with Crippen molar-refractivity contribution < 1.29 is 9.32 Å². The first kappa shape index (κ1) is 8.94. The van der Waals surface area contributed by atoms with Gasteiger partial charge in [0.2, 0.25) is 0 Å². The third kappa shape index (κ3) is 1.31. The van der Waals surface area contributed by atoms with Gasteiger partial charge in [-0.3, -0.25) is 4.79 Å². The van der Waals surface area contributed by atoms with Crippen molar-refractivity contribution in [3.8, 4) is 0 Å². The molecule has 0 radical (unpaired) electrons. The summed E-state index contributed by atoms with van der Waals surface area (Å²) in [5.74, 6) is 1.18. The maximum Gasteiger partial charge on any atom is 0.150 e. The Morgan fingerprint density at radius 2 is 2.21 bits per heavy atom. The van der Waals surface area contributed by atoms with Crippen molar-refractivity contribution >= 4 is 17.2 Å². The number of hydrogen-bond donors (Lipinski definition) is 0. The Morgan fingerprint density at radius 1 is 1.43 bits per heavy atom. The molecule has 1 aromatic carbocycles. The summed E-state index contributed by atoms with van der Waals surface area (Å²) < 4.78 is 5.21. The number of fused-ring (bicyclic) bond motifs is 1. The van der Waals surface area contributed by atoms with Crippen LogP contribution in [-0.4, -0.2) is 11.4 Å². The van der Waals surface area contributed by atoms with Gasteiger partial charge in [-0.25, -0.2) is 0 Å². The molecule has 2 aromatic rings. The number of benzene rings is 1. The molecule has 3 nitrogen and oxygen atoms in total. The van der Waals surface area contributed by atoms with E-state index >= 15 is 0 Å². The number of aldehydes is 1. The molecule has 0 atom stereocenters. The van der Waals surface area contributed by atoms with Crippen LogP contribution in [0.3, 0.4) is 0 Å². The zero-order chi connectivity index (χ0) is 10.1. The van der Waals surface area contributed by atoms with Gasteiger partial charge in [0.15, 0.2) is 0 Å². The number of hydrogen-bond acceptors (Lipinski definition) is 3. The van der Waals surface area contributed by atoms with Crippen LogP contribution in [0.5, 0.6) is 0 Å². The largest absolute Gasteiger partial charge is 0.360 e. The molecule has 0 fully saturated rings. The zero-order valence-electron chi connectivity index (χ0n) is 8.15. The Bertz CT molecular complexity index is 471. The van der Waals surface area contributed by atoms with Gasteiger partial charge >= 0.3 is 0 Å². The SMILES string of the molecule is CC(C)c1onc2cc(C=O)ccc12. The smallest absolute Gasteiger partial charge is 0.150 e. The fraction of sp³-hybridized carbons (Fsp3) is 0.273. The standard InChI is InChI=1S/C11H11NO2/c1-7(2)11-9-4-3-8(6-13)5-10(9)12-14-11/h3-7H,1-2H3. The van der Waals surface area contributed by atoms with E-state index in [1.165, 1.54) is 0 Å². The normalized spacial score (nSPS) is 11.1. The van der Waals surface area contributed by atoms with Gasteiger partial charge in [-0.15, -0.1) is 0 Å². The minimum atomic E-state index is 0.307. The van der Waals surface area contributed by atoms with Gasteiger partial charge in [0.25, 0.3) is 0 Å². The van der Waals surface area contributed by atoms with Gasteiger partial charge in [-0.05, 0) is 12.1 Å². The third-order valence-corrected chi connectivity index (χ3v) is 2.19. The van der Waals surface area contributed by atoms with Crippen LogP contribution in [0.4, 0.5) is 0 Å². The highest BCUT2D eigenvalue weighted by Gasteiger charge is 2.11. The predicted octanol–water partition coefficient (Wildman–Crippen LogP) is 2.76. The van der Waals surface area contributed by atoms with Gasteiger partial charge < -0.3 is 4.52 Å². The van der Waals surface area contributed by atoms with Crippen molar-refractivity contribution in [2.75, 3.05) is 0 Å². The molecule has 0 aliphatic carbocycles. The highest BCUT2D eigenvalue weighted by Crippen LogP contribution is 2.25. The molecule has 1 heterocycles. The first-order chi connectivity index (χ1) is 6.72. The average molecular weight is 189 g/mol. The number of aromatic nitrogens is 1. The molecular weight excluding hydrogens is 178 g/mol. The Balaban J connectivity index is 2.65. The molecule has 0 unspecified atom stereocenters.